The molecule has 108 valence electrons. The van der Waals surface area contributed by atoms with Crippen molar-refractivity contribution in [2.75, 3.05) is 0 Å². The van der Waals surface area contributed by atoms with Gasteiger partial charge in [-0.1, -0.05) is 25.1 Å². The van der Waals surface area contributed by atoms with Crippen molar-refractivity contribution >= 4 is 26.7 Å². The fourth-order valence-corrected chi connectivity index (χ4v) is 3.12. The number of nitrogens with zero attached hydrogens (tertiary/aromatic N) is 4. The second-order valence-electron chi connectivity index (χ2n) is 4.88. The van der Waals surface area contributed by atoms with Crippen LogP contribution in [0.15, 0.2) is 39.7 Å². The van der Waals surface area contributed by atoms with E-state index >= 15 is 0 Å². The first kappa shape index (κ1) is 14.0. The molecule has 2 heterocycles. The van der Waals surface area contributed by atoms with E-state index in [0.717, 1.165) is 27.7 Å². The lowest BCUT2D eigenvalue weighted by Crippen LogP contribution is -2.24. The summed E-state index contributed by atoms with van der Waals surface area (Å²) in [7, 11) is 1.88. The van der Waals surface area contributed by atoms with E-state index in [9.17, 15) is 4.79 Å². The van der Waals surface area contributed by atoms with Crippen LogP contribution in [0.4, 0.5) is 0 Å². The van der Waals surface area contributed by atoms with Crippen molar-refractivity contribution in [2.24, 2.45) is 7.05 Å². The molecule has 21 heavy (non-hydrogen) atoms. The molecule has 0 unspecified atom stereocenters. The van der Waals surface area contributed by atoms with Gasteiger partial charge in [-0.15, -0.1) is 0 Å². The molecular weight excluding hydrogens is 332 g/mol. The summed E-state index contributed by atoms with van der Waals surface area (Å²) in [4.78, 5) is 12.5. The molecule has 2 aromatic heterocycles. The summed E-state index contributed by atoms with van der Waals surface area (Å²) in [6.07, 6.45) is 2.57. The lowest BCUT2D eigenvalue weighted by Gasteiger charge is -2.07. The monoisotopic (exact) mass is 346 g/mol. The number of halogens is 1. The Bertz CT molecular complexity index is 866. The first-order valence-electron chi connectivity index (χ1n) is 6.77. The van der Waals surface area contributed by atoms with Gasteiger partial charge in [-0.2, -0.15) is 10.2 Å². The van der Waals surface area contributed by atoms with E-state index in [1.807, 2.05) is 31.3 Å². The van der Waals surface area contributed by atoms with E-state index < -0.39 is 0 Å². The normalized spacial score (nSPS) is 11.2. The molecule has 5 nitrogen and oxygen atoms in total. The molecule has 0 aliphatic heterocycles. The molecule has 0 N–H and O–H groups in total. The number of rotatable bonds is 3. The van der Waals surface area contributed by atoms with E-state index in [1.54, 1.807) is 10.9 Å². The summed E-state index contributed by atoms with van der Waals surface area (Å²) in [6.45, 7) is 2.45. The molecule has 0 aliphatic rings. The highest BCUT2D eigenvalue weighted by atomic mass is 79.9. The van der Waals surface area contributed by atoms with Gasteiger partial charge in [0.25, 0.3) is 5.56 Å². The van der Waals surface area contributed by atoms with Crippen molar-refractivity contribution in [3.63, 3.8) is 0 Å². The molecule has 0 spiro atoms. The SMILES string of the molecule is CCc1nn(C)c(Cn2ncc3ccccc3c2=O)c1Br. The van der Waals surface area contributed by atoms with Crippen LogP contribution in [0.1, 0.15) is 18.3 Å². The van der Waals surface area contributed by atoms with Crippen LogP contribution in [0.25, 0.3) is 10.8 Å². The number of aromatic nitrogens is 4. The van der Waals surface area contributed by atoms with Crippen molar-refractivity contribution in [1.29, 1.82) is 0 Å². The molecule has 0 bridgehead atoms. The summed E-state index contributed by atoms with van der Waals surface area (Å²) >= 11 is 3.57. The summed E-state index contributed by atoms with van der Waals surface area (Å²) in [6, 6.07) is 7.48. The highest BCUT2D eigenvalue weighted by Crippen LogP contribution is 2.22. The lowest BCUT2D eigenvalue weighted by atomic mass is 10.2. The average Bonchev–Trinajstić information content (AvgIpc) is 2.77. The van der Waals surface area contributed by atoms with Crippen molar-refractivity contribution in [3.05, 3.63) is 56.7 Å². The molecule has 0 aliphatic carbocycles. The third-order valence-electron chi connectivity index (χ3n) is 3.56. The molecule has 0 fully saturated rings. The van der Waals surface area contributed by atoms with Crippen LogP contribution >= 0.6 is 15.9 Å². The second-order valence-corrected chi connectivity index (χ2v) is 5.67. The van der Waals surface area contributed by atoms with Gasteiger partial charge in [0.2, 0.25) is 0 Å². The molecule has 3 rings (SSSR count). The third kappa shape index (κ3) is 2.40. The van der Waals surface area contributed by atoms with Gasteiger partial charge < -0.3 is 0 Å². The number of hydrogen-bond acceptors (Lipinski definition) is 3. The summed E-state index contributed by atoms with van der Waals surface area (Å²) in [5, 5.41) is 10.2. The maximum atomic E-state index is 12.5. The minimum atomic E-state index is -0.0840. The van der Waals surface area contributed by atoms with Crippen molar-refractivity contribution in [1.82, 2.24) is 19.6 Å². The van der Waals surface area contributed by atoms with Crippen LogP contribution < -0.4 is 5.56 Å². The lowest BCUT2D eigenvalue weighted by molar-refractivity contribution is 0.594. The molecule has 1 aromatic carbocycles. The highest BCUT2D eigenvalue weighted by molar-refractivity contribution is 9.10. The third-order valence-corrected chi connectivity index (χ3v) is 4.48. The first-order chi connectivity index (χ1) is 10.1. The van der Waals surface area contributed by atoms with E-state index in [0.29, 0.717) is 11.9 Å². The minimum Gasteiger partial charge on any atom is -0.269 e. The maximum absolute atomic E-state index is 12.5. The van der Waals surface area contributed by atoms with Crippen molar-refractivity contribution in [3.8, 4) is 0 Å². The molecule has 0 radical (unpaired) electrons. The van der Waals surface area contributed by atoms with Gasteiger partial charge >= 0.3 is 0 Å². The van der Waals surface area contributed by atoms with Crippen LogP contribution in [0.3, 0.4) is 0 Å². The Morgan fingerprint density at radius 2 is 2.05 bits per heavy atom. The topological polar surface area (TPSA) is 52.7 Å². The molecule has 6 heteroatoms. The molecule has 0 saturated heterocycles. The van der Waals surface area contributed by atoms with Gasteiger partial charge in [-0.3, -0.25) is 9.48 Å². The predicted octanol–water partition coefficient (Wildman–Crippen LogP) is 2.50. The van der Waals surface area contributed by atoms with Gasteiger partial charge in [-0.25, -0.2) is 4.68 Å². The van der Waals surface area contributed by atoms with Crippen LogP contribution in [-0.2, 0) is 20.0 Å². The number of aryl methyl sites for hydroxylation is 2. The largest absolute Gasteiger partial charge is 0.274 e. The predicted molar refractivity (Wildman–Crippen MR) is 85.4 cm³/mol. The average molecular weight is 347 g/mol. The molecule has 0 atom stereocenters. The van der Waals surface area contributed by atoms with Crippen LogP contribution in [-0.4, -0.2) is 19.6 Å². The zero-order valence-corrected chi connectivity index (χ0v) is 13.5. The Morgan fingerprint density at radius 1 is 1.29 bits per heavy atom. The van der Waals surface area contributed by atoms with E-state index in [2.05, 4.69) is 33.1 Å². The molecule has 0 amide bonds. The molecule has 3 aromatic rings. The van der Waals surface area contributed by atoms with Crippen LogP contribution in [0.2, 0.25) is 0 Å². The summed E-state index contributed by atoms with van der Waals surface area (Å²) in [5.41, 5.74) is 1.84. The zero-order chi connectivity index (χ0) is 15.0. The Labute approximate surface area is 130 Å². The quantitative estimate of drug-likeness (QED) is 0.732. The van der Waals surface area contributed by atoms with E-state index in [1.165, 1.54) is 4.68 Å². The number of fused-ring (bicyclic) bond motifs is 1. The van der Waals surface area contributed by atoms with E-state index in [4.69, 9.17) is 0 Å². The minimum absolute atomic E-state index is 0.0840. The number of hydrogen-bond donors (Lipinski definition) is 0. The summed E-state index contributed by atoms with van der Waals surface area (Å²) < 4.78 is 4.23. The first-order valence-corrected chi connectivity index (χ1v) is 7.56. The Morgan fingerprint density at radius 3 is 2.76 bits per heavy atom. The fraction of sp³-hybridized carbons (Fsp3) is 0.267. The van der Waals surface area contributed by atoms with Gasteiger partial charge in [0.15, 0.2) is 0 Å². The van der Waals surface area contributed by atoms with E-state index in [-0.39, 0.29) is 5.56 Å². The molecule has 0 saturated carbocycles. The standard InChI is InChI=1S/C15H15BrN4O/c1-3-12-14(16)13(19(2)18-12)9-20-15(21)11-7-5-4-6-10(11)8-17-20/h4-8H,3,9H2,1-2H3. The second kappa shape index (κ2) is 5.44. The Hall–Kier alpha value is -1.95. The number of benzene rings is 1. The Kier molecular flexibility index (Phi) is 3.63. The highest BCUT2D eigenvalue weighted by Gasteiger charge is 2.14. The Balaban J connectivity index is 2.09. The van der Waals surface area contributed by atoms with Crippen molar-refractivity contribution < 1.29 is 0 Å². The summed E-state index contributed by atoms with van der Waals surface area (Å²) in [5.74, 6) is 0. The smallest absolute Gasteiger partial charge is 0.269 e. The maximum Gasteiger partial charge on any atom is 0.274 e. The van der Waals surface area contributed by atoms with Gasteiger partial charge in [0.05, 0.1) is 34.0 Å². The van der Waals surface area contributed by atoms with Gasteiger partial charge in [0, 0.05) is 12.4 Å². The zero-order valence-electron chi connectivity index (χ0n) is 11.9. The van der Waals surface area contributed by atoms with Gasteiger partial charge in [0.1, 0.15) is 0 Å². The molecular formula is C15H15BrN4O. The van der Waals surface area contributed by atoms with Crippen molar-refractivity contribution in [2.45, 2.75) is 19.9 Å². The van der Waals surface area contributed by atoms with Gasteiger partial charge in [-0.05, 0) is 28.4 Å². The fourth-order valence-electron chi connectivity index (χ4n) is 2.37. The van der Waals surface area contributed by atoms with Crippen LogP contribution in [0.5, 0.6) is 0 Å². The van der Waals surface area contributed by atoms with Crippen LogP contribution in [0, 0.1) is 0 Å².